The highest BCUT2D eigenvalue weighted by molar-refractivity contribution is 7.47. The van der Waals surface area contributed by atoms with E-state index < -0.39 is 20.0 Å². The number of aliphatic hydroxyl groups excluding tert-OH is 1. The molecule has 1 amide bonds. The van der Waals surface area contributed by atoms with Gasteiger partial charge in [-0.2, -0.15) is 0 Å². The standard InChI is InChI=1S/C62H125N2O6P/c1-6-8-10-12-14-16-18-20-22-24-26-27-28-29-30-31-32-33-34-35-36-38-39-41-43-45-47-49-51-53-55-61(65)60(59-70-71(67,68)69-58-57-64(3,4)5)63-62(66)56-54-52-50-48-46-44-42-40-37-25-23-21-19-17-15-13-11-9-7-2/h21,23,60-61,65H,6-20,22,24-59H2,1-5H3,(H-,63,66,67,68)/p+1/b23-21-. The number of carbonyl (C=O) groups excluding carboxylic acids is 1. The van der Waals surface area contributed by atoms with Crippen molar-refractivity contribution in [3.63, 3.8) is 0 Å². The van der Waals surface area contributed by atoms with E-state index in [1.165, 1.54) is 263 Å². The van der Waals surface area contributed by atoms with E-state index in [9.17, 15) is 19.4 Å². The second-order valence-corrected chi connectivity index (χ2v) is 24.6. The van der Waals surface area contributed by atoms with Crippen LogP contribution in [-0.2, 0) is 18.4 Å². The molecule has 8 nitrogen and oxygen atoms in total. The molecule has 0 aromatic rings. The summed E-state index contributed by atoms with van der Waals surface area (Å²) in [5.74, 6) is -0.141. The molecule has 0 heterocycles. The van der Waals surface area contributed by atoms with E-state index in [1.807, 2.05) is 21.1 Å². The maximum atomic E-state index is 13.0. The molecule has 3 atom stereocenters. The van der Waals surface area contributed by atoms with E-state index >= 15 is 0 Å². The minimum atomic E-state index is -4.32. The zero-order chi connectivity index (χ0) is 52.0. The van der Waals surface area contributed by atoms with E-state index in [4.69, 9.17) is 9.05 Å². The van der Waals surface area contributed by atoms with Crippen molar-refractivity contribution in [1.29, 1.82) is 0 Å². The van der Waals surface area contributed by atoms with Crippen molar-refractivity contribution < 1.29 is 32.9 Å². The summed E-state index contributed by atoms with van der Waals surface area (Å²) in [5.41, 5.74) is 0. The Morgan fingerprint density at radius 2 is 0.761 bits per heavy atom. The summed E-state index contributed by atoms with van der Waals surface area (Å²) < 4.78 is 23.8. The Kier molecular flexibility index (Phi) is 53.5. The van der Waals surface area contributed by atoms with E-state index in [-0.39, 0.29) is 19.1 Å². The van der Waals surface area contributed by atoms with Crippen molar-refractivity contribution in [3.05, 3.63) is 12.2 Å². The molecule has 0 aliphatic heterocycles. The molecule has 71 heavy (non-hydrogen) atoms. The SMILES string of the molecule is CCCCCCCC/C=C\CCCCCCCCCCCC(=O)NC(COP(=O)(O)OCC[N+](C)(C)C)C(O)CCCCCCCCCCCCCCCCCCCCCCCCCCCCCCCC. The fourth-order valence-electron chi connectivity index (χ4n) is 9.81. The molecular formula is C62H126N2O6P+. The number of nitrogens with zero attached hydrogens (tertiary/aromatic N) is 1. The van der Waals surface area contributed by atoms with Crippen LogP contribution in [0.3, 0.4) is 0 Å². The van der Waals surface area contributed by atoms with Gasteiger partial charge in [0, 0.05) is 6.42 Å². The van der Waals surface area contributed by atoms with E-state index in [2.05, 4.69) is 31.3 Å². The first-order valence-corrected chi connectivity index (χ1v) is 33.0. The van der Waals surface area contributed by atoms with Gasteiger partial charge in [0.1, 0.15) is 13.2 Å². The molecule has 0 aromatic heterocycles. The molecule has 3 unspecified atom stereocenters. The summed E-state index contributed by atoms with van der Waals surface area (Å²) in [5, 5.41) is 14.1. The van der Waals surface area contributed by atoms with E-state index in [0.29, 0.717) is 23.9 Å². The fourth-order valence-corrected chi connectivity index (χ4v) is 10.5. The van der Waals surface area contributed by atoms with Crippen LogP contribution in [-0.4, -0.2) is 73.4 Å². The van der Waals surface area contributed by atoms with Gasteiger partial charge in [0.25, 0.3) is 0 Å². The van der Waals surface area contributed by atoms with Crippen molar-refractivity contribution in [2.45, 2.75) is 341 Å². The number of hydrogen-bond donors (Lipinski definition) is 3. The van der Waals surface area contributed by atoms with Crippen LogP contribution in [0.25, 0.3) is 0 Å². The van der Waals surface area contributed by atoms with Crippen LogP contribution in [0.2, 0.25) is 0 Å². The molecule has 424 valence electrons. The molecule has 0 bridgehead atoms. The summed E-state index contributed by atoms with van der Waals surface area (Å²) in [7, 11) is 1.63. The quantitative estimate of drug-likeness (QED) is 0.0243. The van der Waals surface area contributed by atoms with Crippen LogP contribution in [0, 0.1) is 0 Å². The number of phosphoric ester groups is 1. The number of amides is 1. The number of nitrogens with one attached hydrogen (secondary N) is 1. The van der Waals surface area contributed by atoms with Gasteiger partial charge >= 0.3 is 7.82 Å². The van der Waals surface area contributed by atoms with Gasteiger partial charge in [0.15, 0.2) is 0 Å². The lowest BCUT2D eigenvalue weighted by Gasteiger charge is -2.26. The Bertz CT molecular complexity index is 1160. The van der Waals surface area contributed by atoms with E-state index in [1.54, 1.807) is 0 Å². The highest BCUT2D eigenvalue weighted by Gasteiger charge is 2.28. The molecular weight excluding hydrogens is 900 g/mol. The van der Waals surface area contributed by atoms with Crippen molar-refractivity contribution >= 4 is 13.7 Å². The minimum Gasteiger partial charge on any atom is -0.391 e. The summed E-state index contributed by atoms with van der Waals surface area (Å²) in [6.45, 7) is 4.94. The normalized spacial score (nSPS) is 13.8. The summed E-state index contributed by atoms with van der Waals surface area (Å²) in [6.07, 6.45) is 67.2. The Labute approximate surface area is 443 Å². The van der Waals surface area contributed by atoms with Gasteiger partial charge in [-0.15, -0.1) is 0 Å². The molecule has 0 rings (SSSR count). The number of unbranched alkanes of at least 4 members (excludes halogenated alkanes) is 44. The predicted molar refractivity (Wildman–Crippen MR) is 309 cm³/mol. The van der Waals surface area contributed by atoms with Crippen LogP contribution in [0.5, 0.6) is 0 Å². The fraction of sp³-hybridized carbons (Fsp3) is 0.952. The topological polar surface area (TPSA) is 105 Å². The number of likely N-dealkylation sites (N-methyl/N-ethyl adjacent to an activating group) is 1. The second-order valence-electron chi connectivity index (χ2n) is 23.1. The van der Waals surface area contributed by atoms with Gasteiger partial charge < -0.3 is 19.8 Å². The smallest absolute Gasteiger partial charge is 0.391 e. The highest BCUT2D eigenvalue weighted by Crippen LogP contribution is 2.43. The Balaban J connectivity index is 4.04. The number of quaternary nitrogens is 1. The van der Waals surface area contributed by atoms with Crippen molar-refractivity contribution in [3.8, 4) is 0 Å². The van der Waals surface area contributed by atoms with Crippen LogP contribution >= 0.6 is 7.82 Å². The lowest BCUT2D eigenvalue weighted by Crippen LogP contribution is -2.46. The van der Waals surface area contributed by atoms with E-state index in [0.717, 1.165) is 38.5 Å². The molecule has 3 N–H and O–H groups in total. The van der Waals surface area contributed by atoms with Crippen LogP contribution in [0.4, 0.5) is 0 Å². The van der Waals surface area contributed by atoms with Gasteiger partial charge in [0.05, 0.1) is 39.9 Å². The molecule has 0 aromatic carbocycles. The second kappa shape index (κ2) is 54.0. The Morgan fingerprint density at radius 3 is 1.08 bits per heavy atom. The molecule has 0 aliphatic carbocycles. The third-order valence-corrected chi connectivity index (χ3v) is 15.7. The van der Waals surface area contributed by atoms with Gasteiger partial charge in [-0.1, -0.05) is 296 Å². The predicted octanol–water partition coefficient (Wildman–Crippen LogP) is 19.4. The summed E-state index contributed by atoms with van der Waals surface area (Å²) in [6, 6.07) is -0.760. The number of carbonyl (C=O) groups is 1. The third-order valence-electron chi connectivity index (χ3n) is 14.8. The van der Waals surface area contributed by atoms with Crippen molar-refractivity contribution in [2.24, 2.45) is 0 Å². The lowest BCUT2D eigenvalue weighted by atomic mass is 10.0. The summed E-state index contributed by atoms with van der Waals surface area (Å²) >= 11 is 0. The first kappa shape index (κ1) is 70.2. The van der Waals surface area contributed by atoms with Crippen LogP contribution in [0.15, 0.2) is 12.2 Å². The largest absolute Gasteiger partial charge is 0.472 e. The molecule has 0 aliphatic rings. The average Bonchev–Trinajstić information content (AvgIpc) is 3.33. The molecule has 9 heteroatoms. The first-order valence-electron chi connectivity index (χ1n) is 31.6. The molecule has 0 saturated carbocycles. The zero-order valence-corrected chi connectivity index (χ0v) is 49.4. The van der Waals surface area contributed by atoms with Crippen LogP contribution in [0.1, 0.15) is 328 Å². The van der Waals surface area contributed by atoms with Crippen LogP contribution < -0.4 is 5.32 Å². The Morgan fingerprint density at radius 1 is 0.465 bits per heavy atom. The monoisotopic (exact) mass is 1030 g/mol. The van der Waals surface area contributed by atoms with Gasteiger partial charge in [-0.3, -0.25) is 13.8 Å². The maximum Gasteiger partial charge on any atom is 0.472 e. The number of aliphatic hydroxyl groups is 1. The zero-order valence-electron chi connectivity index (χ0n) is 48.5. The number of hydrogen-bond acceptors (Lipinski definition) is 5. The highest BCUT2D eigenvalue weighted by atomic mass is 31.2. The number of rotatable bonds is 59. The minimum absolute atomic E-state index is 0.0769. The molecule has 0 fully saturated rings. The van der Waals surface area contributed by atoms with Gasteiger partial charge in [-0.05, 0) is 38.5 Å². The first-order chi connectivity index (χ1) is 34.5. The van der Waals surface area contributed by atoms with Gasteiger partial charge in [-0.25, -0.2) is 4.57 Å². The third kappa shape index (κ3) is 56.8. The van der Waals surface area contributed by atoms with Crippen molar-refractivity contribution in [2.75, 3.05) is 40.9 Å². The number of allylic oxidation sites excluding steroid dienone is 2. The number of phosphoric acid groups is 1. The molecule has 0 spiro atoms. The summed E-state index contributed by atoms with van der Waals surface area (Å²) in [4.78, 5) is 23.4. The lowest BCUT2D eigenvalue weighted by molar-refractivity contribution is -0.870. The average molecular weight is 1030 g/mol. The molecule has 0 radical (unpaired) electrons. The Hall–Kier alpha value is -0.760. The maximum absolute atomic E-state index is 13.0. The van der Waals surface area contributed by atoms with Gasteiger partial charge in [0.2, 0.25) is 5.91 Å². The van der Waals surface area contributed by atoms with Crippen molar-refractivity contribution in [1.82, 2.24) is 5.32 Å². The molecule has 0 saturated heterocycles.